The molecule has 0 unspecified atom stereocenters. The highest BCUT2D eigenvalue weighted by atomic mass is 15.2. The molecular weight excluding hydrogens is 210 g/mol. The van der Waals surface area contributed by atoms with Crippen LogP contribution in [0.15, 0.2) is 0 Å². The Hall–Kier alpha value is -0.120. The van der Waals surface area contributed by atoms with Crippen LogP contribution in [0.3, 0.4) is 0 Å². The third kappa shape index (κ3) is 21.7. The Morgan fingerprint density at radius 2 is 1.35 bits per heavy atom. The minimum Gasteiger partial charge on any atom is -0.318 e. The largest absolute Gasteiger partial charge is 0.318 e. The predicted molar refractivity (Wildman–Crippen MR) is 86.1 cm³/mol. The fourth-order valence-corrected chi connectivity index (χ4v) is 1.26. The summed E-state index contributed by atoms with van der Waals surface area (Å²) in [6.07, 6.45) is 1.25. The summed E-state index contributed by atoms with van der Waals surface area (Å²) in [6, 6.07) is 0. The number of hydrogen-bond donors (Lipinski definition) is 1. The molecule has 3 nitrogen and oxygen atoms in total. The van der Waals surface area contributed by atoms with Crippen molar-refractivity contribution in [3.63, 3.8) is 0 Å². The highest BCUT2D eigenvalue weighted by Crippen LogP contribution is 1.90. The molecule has 0 aliphatic heterocycles. The van der Waals surface area contributed by atoms with Crippen molar-refractivity contribution in [3.8, 4) is 0 Å². The van der Waals surface area contributed by atoms with Crippen LogP contribution < -0.4 is 5.32 Å². The van der Waals surface area contributed by atoms with Crippen LogP contribution >= 0.6 is 0 Å². The highest BCUT2D eigenvalue weighted by molar-refractivity contribution is 4.59. The van der Waals surface area contributed by atoms with Crippen LogP contribution in [0, 0.1) is 0 Å². The monoisotopic (exact) mass is 251 g/mol. The molecule has 1 N–H and O–H groups in total. The van der Waals surface area contributed by atoms with Crippen molar-refractivity contribution in [2.24, 2.45) is 0 Å². The Morgan fingerprint density at radius 1 is 0.824 bits per heavy atom. The summed E-state index contributed by atoms with van der Waals surface area (Å²) in [5.41, 5.74) is 0. The van der Waals surface area contributed by atoms with E-state index in [1.807, 2.05) is 7.05 Å². The Balaban J connectivity index is -0.000000120. The molecule has 0 fully saturated rings. The summed E-state index contributed by atoms with van der Waals surface area (Å²) in [5.74, 6) is 0. The third-order valence-corrected chi connectivity index (χ3v) is 2.08. The predicted octanol–water partition coefficient (Wildman–Crippen LogP) is 3.02. The molecule has 0 aliphatic carbocycles. The zero-order chi connectivity index (χ0) is 10.1. The molecule has 0 atom stereocenters. The normalized spacial score (nSPS) is 8.82. The SMILES string of the molecule is C.C.C.C.CCCN(CCNC)CCN(C)C. The first-order valence-corrected chi connectivity index (χ1v) is 5.22. The van der Waals surface area contributed by atoms with Gasteiger partial charge in [0.25, 0.3) is 0 Å². The summed E-state index contributed by atoms with van der Waals surface area (Å²) >= 11 is 0. The van der Waals surface area contributed by atoms with Crippen LogP contribution in [0.25, 0.3) is 0 Å². The van der Waals surface area contributed by atoms with Crippen molar-refractivity contribution in [3.05, 3.63) is 0 Å². The van der Waals surface area contributed by atoms with E-state index < -0.39 is 0 Å². The van der Waals surface area contributed by atoms with E-state index in [9.17, 15) is 0 Å². The smallest absolute Gasteiger partial charge is 0.0110 e. The maximum Gasteiger partial charge on any atom is 0.0110 e. The zero-order valence-corrected chi connectivity index (χ0v) is 9.64. The molecule has 0 spiro atoms. The average molecular weight is 252 g/mol. The number of nitrogens with one attached hydrogen (secondary N) is 1. The average Bonchev–Trinajstić information content (AvgIpc) is 2.09. The molecule has 0 radical (unpaired) electrons. The van der Waals surface area contributed by atoms with E-state index in [1.165, 1.54) is 19.5 Å². The fraction of sp³-hybridized carbons (Fsp3) is 1.00. The van der Waals surface area contributed by atoms with Crippen molar-refractivity contribution in [2.75, 3.05) is 53.9 Å². The van der Waals surface area contributed by atoms with Crippen molar-refractivity contribution in [1.82, 2.24) is 15.1 Å². The lowest BCUT2D eigenvalue weighted by atomic mass is 10.4. The minimum atomic E-state index is 0. The first-order chi connectivity index (χ1) is 6.20. The molecule has 0 bridgehead atoms. The van der Waals surface area contributed by atoms with Crippen molar-refractivity contribution >= 4 is 0 Å². The Labute approximate surface area is 113 Å². The second-order valence-corrected chi connectivity index (χ2v) is 3.75. The molecule has 0 saturated carbocycles. The maximum atomic E-state index is 3.19. The van der Waals surface area contributed by atoms with E-state index in [2.05, 4.69) is 36.1 Å². The lowest BCUT2D eigenvalue weighted by Gasteiger charge is -2.23. The molecule has 17 heavy (non-hydrogen) atoms. The number of hydrogen-bond acceptors (Lipinski definition) is 3. The van der Waals surface area contributed by atoms with Gasteiger partial charge < -0.3 is 15.1 Å². The molecular formula is C14H41N3. The van der Waals surface area contributed by atoms with Gasteiger partial charge in [-0.1, -0.05) is 36.6 Å². The molecule has 0 saturated heterocycles. The molecule has 0 aromatic carbocycles. The highest BCUT2D eigenvalue weighted by Gasteiger charge is 2.02. The molecule has 3 heteroatoms. The standard InChI is InChI=1S/C10H25N3.4CH4/c1-5-7-13(8-6-11-2)10-9-12(3)4;;;;/h11H,5-10H2,1-4H3;4*1H4. The van der Waals surface area contributed by atoms with Gasteiger partial charge in [0.2, 0.25) is 0 Å². The van der Waals surface area contributed by atoms with Gasteiger partial charge in [-0.05, 0) is 34.1 Å². The van der Waals surface area contributed by atoms with Gasteiger partial charge in [-0.3, -0.25) is 0 Å². The quantitative estimate of drug-likeness (QED) is 0.715. The van der Waals surface area contributed by atoms with Crippen LogP contribution in [0.5, 0.6) is 0 Å². The van der Waals surface area contributed by atoms with Gasteiger partial charge in [0.1, 0.15) is 0 Å². The summed E-state index contributed by atoms with van der Waals surface area (Å²) in [4.78, 5) is 4.75. The molecule has 0 rings (SSSR count). The Bertz CT molecular complexity index is 106. The van der Waals surface area contributed by atoms with Crippen LogP contribution in [0.2, 0.25) is 0 Å². The molecule has 0 amide bonds. The molecule has 0 aromatic heterocycles. The van der Waals surface area contributed by atoms with Gasteiger partial charge in [-0.25, -0.2) is 0 Å². The first kappa shape index (κ1) is 30.2. The van der Waals surface area contributed by atoms with Gasteiger partial charge in [0, 0.05) is 26.2 Å². The number of rotatable bonds is 8. The van der Waals surface area contributed by atoms with Gasteiger partial charge in [0.05, 0.1) is 0 Å². The molecule has 0 aromatic rings. The van der Waals surface area contributed by atoms with E-state index in [4.69, 9.17) is 0 Å². The van der Waals surface area contributed by atoms with E-state index in [0.29, 0.717) is 0 Å². The van der Waals surface area contributed by atoms with Crippen LogP contribution in [-0.4, -0.2) is 63.7 Å². The van der Waals surface area contributed by atoms with Gasteiger partial charge in [0.15, 0.2) is 0 Å². The Kier molecular flexibility index (Phi) is 37.6. The Morgan fingerprint density at radius 3 is 1.71 bits per heavy atom. The number of nitrogens with zero attached hydrogens (tertiary/aromatic N) is 2. The zero-order valence-electron chi connectivity index (χ0n) is 9.64. The summed E-state index contributed by atoms with van der Waals surface area (Å²) < 4.78 is 0. The van der Waals surface area contributed by atoms with E-state index in [-0.39, 0.29) is 29.7 Å². The lowest BCUT2D eigenvalue weighted by Crippen LogP contribution is -2.36. The van der Waals surface area contributed by atoms with E-state index in [1.54, 1.807) is 0 Å². The molecule has 0 heterocycles. The summed E-state index contributed by atoms with van der Waals surface area (Å²) in [7, 11) is 6.26. The van der Waals surface area contributed by atoms with Gasteiger partial charge in [-0.2, -0.15) is 0 Å². The second-order valence-electron chi connectivity index (χ2n) is 3.75. The minimum absolute atomic E-state index is 0. The van der Waals surface area contributed by atoms with E-state index >= 15 is 0 Å². The molecule has 112 valence electrons. The van der Waals surface area contributed by atoms with Crippen LogP contribution in [0.1, 0.15) is 43.1 Å². The van der Waals surface area contributed by atoms with Gasteiger partial charge >= 0.3 is 0 Å². The lowest BCUT2D eigenvalue weighted by molar-refractivity contribution is 0.242. The van der Waals surface area contributed by atoms with Crippen molar-refractivity contribution in [1.29, 1.82) is 0 Å². The number of likely N-dealkylation sites (N-methyl/N-ethyl adjacent to an activating group) is 2. The summed E-state index contributed by atoms with van der Waals surface area (Å²) in [6.45, 7) is 8.05. The van der Waals surface area contributed by atoms with Crippen LogP contribution in [0.4, 0.5) is 0 Å². The maximum absolute atomic E-state index is 3.19. The fourth-order valence-electron chi connectivity index (χ4n) is 1.26. The summed E-state index contributed by atoms with van der Waals surface area (Å²) in [5, 5.41) is 3.19. The van der Waals surface area contributed by atoms with E-state index in [0.717, 1.165) is 19.6 Å². The first-order valence-electron chi connectivity index (χ1n) is 5.22. The van der Waals surface area contributed by atoms with Gasteiger partial charge in [-0.15, -0.1) is 0 Å². The van der Waals surface area contributed by atoms with Crippen molar-refractivity contribution < 1.29 is 0 Å². The topological polar surface area (TPSA) is 18.5 Å². The molecule has 0 aliphatic rings. The third-order valence-electron chi connectivity index (χ3n) is 2.08. The second kappa shape index (κ2) is 21.2. The van der Waals surface area contributed by atoms with Crippen LogP contribution in [-0.2, 0) is 0 Å². The van der Waals surface area contributed by atoms with Crippen molar-refractivity contribution in [2.45, 2.75) is 43.1 Å².